The van der Waals surface area contributed by atoms with Gasteiger partial charge >= 0.3 is 0 Å². The predicted octanol–water partition coefficient (Wildman–Crippen LogP) is 1.83. The molecule has 1 saturated heterocycles. The average Bonchev–Trinajstić information content (AvgIpc) is 2.60. The number of fused-ring (bicyclic) bond motifs is 3. The number of aliphatic hydroxyl groups is 1. The van der Waals surface area contributed by atoms with Crippen LogP contribution in [0, 0.1) is 11.8 Å². The van der Waals surface area contributed by atoms with E-state index < -0.39 is 0 Å². The molecule has 1 aromatic heterocycles. The number of nitrogens with zero attached hydrogens (tertiary/aromatic N) is 3. The number of nitrogen functional groups attached to an aromatic ring is 1. The Balaban J connectivity index is 1.73. The minimum Gasteiger partial charge on any atom is -0.493 e. The number of rotatable bonds is 3. The molecule has 2 aliphatic rings. The van der Waals surface area contributed by atoms with Crippen LogP contribution in [0.5, 0.6) is 11.5 Å². The van der Waals surface area contributed by atoms with Crippen molar-refractivity contribution >= 4 is 22.7 Å². The van der Waals surface area contributed by atoms with E-state index in [2.05, 4.69) is 9.88 Å². The molecule has 4 rings (SSSR count). The molecule has 25 heavy (non-hydrogen) atoms. The lowest BCUT2D eigenvalue weighted by Gasteiger charge is -2.45. The van der Waals surface area contributed by atoms with E-state index in [9.17, 15) is 5.11 Å². The molecule has 3 atom stereocenters. The van der Waals surface area contributed by atoms with E-state index in [1.807, 2.05) is 12.1 Å². The Morgan fingerprint density at radius 1 is 1.08 bits per heavy atom. The standard InChI is InChI=1S/C18H24N4O3/c1-24-14-6-12-13(7-15(14)25-2)20-18(21-17(12)19)22-8-10-4-3-5-11(9-22)16(10)23/h6-7,10-11,16,23H,3-5,8-9H2,1-2H3,(H2,19,20,21)/t10-,11+,16?. The van der Waals surface area contributed by atoms with E-state index in [4.69, 9.17) is 20.2 Å². The summed E-state index contributed by atoms with van der Waals surface area (Å²) in [4.78, 5) is 11.4. The van der Waals surface area contributed by atoms with Gasteiger partial charge in [-0.3, -0.25) is 0 Å². The molecule has 3 N–H and O–H groups in total. The van der Waals surface area contributed by atoms with Gasteiger partial charge in [0.2, 0.25) is 5.95 Å². The number of aliphatic hydroxyl groups excluding tert-OH is 1. The van der Waals surface area contributed by atoms with E-state index in [-0.39, 0.29) is 6.10 Å². The molecule has 2 heterocycles. The van der Waals surface area contributed by atoms with Crippen LogP contribution in [0.2, 0.25) is 0 Å². The first kappa shape index (κ1) is 16.2. The van der Waals surface area contributed by atoms with Gasteiger partial charge in [-0.2, -0.15) is 4.98 Å². The first-order valence-electron chi connectivity index (χ1n) is 8.73. The highest BCUT2D eigenvalue weighted by atomic mass is 16.5. The van der Waals surface area contributed by atoms with Gasteiger partial charge in [0.05, 0.1) is 25.8 Å². The highest BCUT2D eigenvalue weighted by Crippen LogP contribution is 2.38. The Morgan fingerprint density at radius 2 is 1.72 bits per heavy atom. The first-order chi connectivity index (χ1) is 12.1. The molecule has 1 aliphatic heterocycles. The van der Waals surface area contributed by atoms with Crippen molar-refractivity contribution in [2.75, 3.05) is 37.9 Å². The van der Waals surface area contributed by atoms with E-state index in [0.29, 0.717) is 35.1 Å². The number of benzene rings is 1. The van der Waals surface area contributed by atoms with Crippen LogP contribution < -0.4 is 20.1 Å². The molecule has 2 fully saturated rings. The minimum atomic E-state index is -0.202. The quantitative estimate of drug-likeness (QED) is 0.877. The number of methoxy groups -OCH3 is 2. The van der Waals surface area contributed by atoms with Crippen LogP contribution in [0.3, 0.4) is 0 Å². The molecule has 2 bridgehead atoms. The Labute approximate surface area is 146 Å². The van der Waals surface area contributed by atoms with Crippen molar-refractivity contribution in [1.82, 2.24) is 9.97 Å². The number of piperidine rings is 1. The lowest BCUT2D eigenvalue weighted by molar-refractivity contribution is 0.00561. The van der Waals surface area contributed by atoms with Crippen molar-refractivity contribution in [3.8, 4) is 11.5 Å². The van der Waals surface area contributed by atoms with Gasteiger partial charge in [-0.1, -0.05) is 6.42 Å². The molecule has 7 nitrogen and oxygen atoms in total. The van der Waals surface area contributed by atoms with Crippen LogP contribution in [0.15, 0.2) is 12.1 Å². The van der Waals surface area contributed by atoms with Gasteiger partial charge in [-0.15, -0.1) is 0 Å². The maximum Gasteiger partial charge on any atom is 0.227 e. The van der Waals surface area contributed by atoms with Gasteiger partial charge in [-0.05, 0) is 18.9 Å². The zero-order valence-corrected chi connectivity index (χ0v) is 14.6. The van der Waals surface area contributed by atoms with Crippen molar-refractivity contribution in [2.24, 2.45) is 11.8 Å². The number of hydrogen-bond acceptors (Lipinski definition) is 7. The van der Waals surface area contributed by atoms with Crippen molar-refractivity contribution in [1.29, 1.82) is 0 Å². The summed E-state index contributed by atoms with van der Waals surface area (Å²) in [7, 11) is 3.19. The Hall–Kier alpha value is -2.28. The Bertz CT molecular complexity index is 783. The van der Waals surface area contributed by atoms with Crippen molar-refractivity contribution < 1.29 is 14.6 Å². The van der Waals surface area contributed by atoms with Gasteiger partial charge in [0.1, 0.15) is 5.82 Å². The second-order valence-electron chi connectivity index (χ2n) is 6.98. The molecule has 134 valence electrons. The fourth-order valence-electron chi connectivity index (χ4n) is 4.18. The molecule has 1 aliphatic carbocycles. The molecule has 0 amide bonds. The largest absolute Gasteiger partial charge is 0.493 e. The molecule has 0 spiro atoms. The van der Waals surface area contributed by atoms with Crippen molar-refractivity contribution in [3.63, 3.8) is 0 Å². The molecular weight excluding hydrogens is 320 g/mol. The minimum absolute atomic E-state index is 0.202. The van der Waals surface area contributed by atoms with Crippen LogP contribution in [0.4, 0.5) is 11.8 Å². The van der Waals surface area contributed by atoms with Gasteiger partial charge in [0.15, 0.2) is 11.5 Å². The maximum atomic E-state index is 10.4. The highest BCUT2D eigenvalue weighted by Gasteiger charge is 2.39. The fraction of sp³-hybridized carbons (Fsp3) is 0.556. The van der Waals surface area contributed by atoms with Crippen LogP contribution in [0.1, 0.15) is 19.3 Å². The number of aromatic nitrogens is 2. The van der Waals surface area contributed by atoms with E-state index >= 15 is 0 Å². The number of hydrogen-bond donors (Lipinski definition) is 2. The van der Waals surface area contributed by atoms with Crippen LogP contribution >= 0.6 is 0 Å². The first-order valence-corrected chi connectivity index (χ1v) is 8.73. The molecule has 1 aromatic carbocycles. The Morgan fingerprint density at radius 3 is 2.36 bits per heavy atom. The van der Waals surface area contributed by atoms with Crippen LogP contribution in [-0.4, -0.2) is 48.5 Å². The summed E-state index contributed by atoms with van der Waals surface area (Å²) in [6.45, 7) is 1.55. The number of ether oxygens (including phenoxy) is 2. The monoisotopic (exact) mass is 344 g/mol. The zero-order valence-electron chi connectivity index (χ0n) is 14.6. The summed E-state index contributed by atoms with van der Waals surface area (Å²) >= 11 is 0. The molecule has 0 radical (unpaired) electrons. The van der Waals surface area contributed by atoms with Gasteiger partial charge in [-0.25, -0.2) is 4.98 Å². The molecule has 1 unspecified atom stereocenters. The molecule has 7 heteroatoms. The summed E-state index contributed by atoms with van der Waals surface area (Å²) in [5, 5.41) is 11.1. The second-order valence-corrected chi connectivity index (χ2v) is 6.98. The summed E-state index contributed by atoms with van der Waals surface area (Å²) in [5.41, 5.74) is 6.93. The molecule has 1 saturated carbocycles. The smallest absolute Gasteiger partial charge is 0.227 e. The third-order valence-electron chi connectivity index (χ3n) is 5.53. The second kappa shape index (κ2) is 6.22. The van der Waals surface area contributed by atoms with Crippen molar-refractivity contribution in [2.45, 2.75) is 25.4 Å². The Kier molecular flexibility index (Phi) is 4.03. The van der Waals surface area contributed by atoms with Gasteiger partial charge in [0.25, 0.3) is 0 Å². The van der Waals surface area contributed by atoms with E-state index in [1.165, 1.54) is 6.42 Å². The third kappa shape index (κ3) is 2.72. The van der Waals surface area contributed by atoms with E-state index in [0.717, 1.165) is 36.8 Å². The fourth-order valence-corrected chi connectivity index (χ4v) is 4.18. The van der Waals surface area contributed by atoms with Gasteiger partial charge in [0, 0.05) is 36.4 Å². The molecule has 2 aromatic rings. The lowest BCUT2D eigenvalue weighted by Crippen LogP contribution is -2.52. The lowest BCUT2D eigenvalue weighted by atomic mass is 9.75. The maximum absolute atomic E-state index is 10.4. The van der Waals surface area contributed by atoms with Gasteiger partial charge < -0.3 is 25.2 Å². The zero-order chi connectivity index (χ0) is 17.6. The normalized spacial score (nSPS) is 25.9. The van der Waals surface area contributed by atoms with Crippen LogP contribution in [0.25, 0.3) is 10.9 Å². The molecular formula is C18H24N4O3. The highest BCUT2D eigenvalue weighted by molar-refractivity contribution is 5.91. The average molecular weight is 344 g/mol. The SMILES string of the molecule is COc1cc2nc(N3C[C@H]4CCC[C@@H](C3)C4O)nc(N)c2cc1OC. The predicted molar refractivity (Wildman–Crippen MR) is 96.1 cm³/mol. The van der Waals surface area contributed by atoms with Crippen LogP contribution in [-0.2, 0) is 0 Å². The van der Waals surface area contributed by atoms with Crippen molar-refractivity contribution in [3.05, 3.63) is 12.1 Å². The summed E-state index contributed by atoms with van der Waals surface area (Å²) < 4.78 is 10.7. The third-order valence-corrected chi connectivity index (χ3v) is 5.53. The summed E-state index contributed by atoms with van der Waals surface area (Å²) in [6.07, 6.45) is 3.11. The van der Waals surface area contributed by atoms with E-state index in [1.54, 1.807) is 14.2 Å². The summed E-state index contributed by atoms with van der Waals surface area (Å²) in [6, 6.07) is 3.64. The summed E-state index contributed by atoms with van der Waals surface area (Å²) in [5.74, 6) is 2.86. The number of anilines is 2. The topological polar surface area (TPSA) is 93.7 Å². The number of nitrogens with two attached hydrogens (primary N) is 1.